The van der Waals surface area contributed by atoms with Gasteiger partial charge in [-0.15, -0.1) is 0 Å². The van der Waals surface area contributed by atoms with E-state index in [1.54, 1.807) is 0 Å². The van der Waals surface area contributed by atoms with Crippen LogP contribution in [-0.4, -0.2) is 22.8 Å². The van der Waals surface area contributed by atoms with E-state index in [4.69, 9.17) is 9.84 Å². The molecule has 2 aliphatic rings. The monoisotopic (exact) mass is 170 g/mol. The lowest BCUT2D eigenvalue weighted by atomic mass is 9.80. The number of hydrogen-bond donors (Lipinski definition) is 1. The molecule has 1 aliphatic heterocycles. The minimum Gasteiger partial charge on any atom is -0.481 e. The quantitative estimate of drug-likeness (QED) is 0.637. The van der Waals surface area contributed by atoms with Gasteiger partial charge in [-0.1, -0.05) is 6.92 Å². The molecule has 0 amide bonds. The number of epoxide rings is 1. The lowest BCUT2D eigenvalue weighted by Gasteiger charge is -2.21. The normalized spacial score (nSPS) is 45.1. The van der Waals surface area contributed by atoms with Crippen molar-refractivity contribution >= 4 is 5.97 Å². The van der Waals surface area contributed by atoms with E-state index in [9.17, 15) is 4.79 Å². The fourth-order valence-corrected chi connectivity index (χ4v) is 2.29. The summed E-state index contributed by atoms with van der Waals surface area (Å²) in [4.78, 5) is 10.7. The third-order valence-electron chi connectivity index (χ3n) is 3.22. The predicted octanol–water partition coefficient (Wildman–Crippen LogP) is 1.42. The van der Waals surface area contributed by atoms with Crippen molar-refractivity contribution in [2.45, 2.75) is 44.3 Å². The molecule has 1 heterocycles. The third kappa shape index (κ3) is 1.04. The number of fused-ring (bicyclic) bond motifs is 1. The lowest BCUT2D eigenvalue weighted by molar-refractivity contribution is -0.143. The maximum atomic E-state index is 10.7. The summed E-state index contributed by atoms with van der Waals surface area (Å²) in [6.07, 6.45) is 3.79. The summed E-state index contributed by atoms with van der Waals surface area (Å²) in [6.45, 7) is 2.07. The molecule has 12 heavy (non-hydrogen) atoms. The number of carboxylic acid groups (broad SMARTS) is 1. The number of hydrogen-bond acceptors (Lipinski definition) is 2. The Morgan fingerprint density at radius 2 is 2.42 bits per heavy atom. The standard InChI is InChI=1S/C9H14O3/c1-2-9-5-6(8(10)11)3-4-7(9)12-9/h6-7H,2-5H2,1H3,(H,10,11)/t6?,7?,9-/m0/s1. The maximum absolute atomic E-state index is 10.7. The molecule has 1 aliphatic carbocycles. The Bertz CT molecular complexity index is 214. The van der Waals surface area contributed by atoms with Gasteiger partial charge in [-0.2, -0.15) is 0 Å². The molecule has 3 atom stereocenters. The van der Waals surface area contributed by atoms with Crippen molar-refractivity contribution in [2.75, 3.05) is 0 Å². The average molecular weight is 170 g/mol. The Labute approximate surface area is 71.7 Å². The molecule has 2 fully saturated rings. The van der Waals surface area contributed by atoms with Gasteiger partial charge in [0.25, 0.3) is 0 Å². The van der Waals surface area contributed by atoms with Crippen LogP contribution in [0.1, 0.15) is 32.6 Å². The molecule has 0 aromatic rings. The first kappa shape index (κ1) is 8.05. The summed E-state index contributed by atoms with van der Waals surface area (Å²) in [5.41, 5.74) is -0.0404. The Hall–Kier alpha value is -0.570. The second-order valence-corrected chi connectivity index (χ2v) is 3.84. The molecule has 0 aromatic heterocycles. The van der Waals surface area contributed by atoms with Crippen LogP contribution in [0.25, 0.3) is 0 Å². The smallest absolute Gasteiger partial charge is 0.306 e. The van der Waals surface area contributed by atoms with Crippen molar-refractivity contribution in [3.05, 3.63) is 0 Å². The molecule has 68 valence electrons. The zero-order chi connectivity index (χ0) is 8.77. The topological polar surface area (TPSA) is 49.8 Å². The zero-order valence-corrected chi connectivity index (χ0v) is 7.25. The lowest BCUT2D eigenvalue weighted by Crippen LogP contribution is -2.29. The van der Waals surface area contributed by atoms with Crippen LogP contribution in [0.15, 0.2) is 0 Å². The zero-order valence-electron chi connectivity index (χ0n) is 7.25. The van der Waals surface area contributed by atoms with Crippen LogP contribution in [-0.2, 0) is 9.53 Å². The van der Waals surface area contributed by atoms with Gasteiger partial charge >= 0.3 is 5.97 Å². The largest absolute Gasteiger partial charge is 0.481 e. The van der Waals surface area contributed by atoms with Gasteiger partial charge in [0.05, 0.1) is 17.6 Å². The summed E-state index contributed by atoms with van der Waals surface area (Å²) in [6, 6.07) is 0. The molecule has 0 bridgehead atoms. The van der Waals surface area contributed by atoms with E-state index < -0.39 is 5.97 Å². The van der Waals surface area contributed by atoms with Crippen molar-refractivity contribution in [2.24, 2.45) is 5.92 Å². The minimum absolute atomic E-state index is 0.0404. The second-order valence-electron chi connectivity index (χ2n) is 3.84. The Morgan fingerprint density at radius 1 is 1.67 bits per heavy atom. The highest BCUT2D eigenvalue weighted by Crippen LogP contribution is 2.51. The van der Waals surface area contributed by atoms with Gasteiger partial charge in [0.1, 0.15) is 0 Å². The van der Waals surface area contributed by atoms with Crippen LogP contribution >= 0.6 is 0 Å². The molecule has 0 spiro atoms. The van der Waals surface area contributed by atoms with Crippen LogP contribution in [0.4, 0.5) is 0 Å². The summed E-state index contributed by atoms with van der Waals surface area (Å²) in [7, 11) is 0. The molecule has 1 saturated heterocycles. The average Bonchev–Trinajstić information content (AvgIpc) is 2.77. The minimum atomic E-state index is -0.656. The van der Waals surface area contributed by atoms with Crippen molar-refractivity contribution < 1.29 is 14.6 Å². The first-order chi connectivity index (χ1) is 5.68. The summed E-state index contributed by atoms with van der Waals surface area (Å²) >= 11 is 0. The maximum Gasteiger partial charge on any atom is 0.306 e. The molecule has 0 aromatic carbocycles. The first-order valence-corrected chi connectivity index (χ1v) is 4.58. The SMILES string of the molecule is CC[C@]12CC(C(=O)O)CCC1O2. The van der Waals surface area contributed by atoms with E-state index in [1.807, 2.05) is 0 Å². The van der Waals surface area contributed by atoms with Gasteiger partial charge in [0.2, 0.25) is 0 Å². The van der Waals surface area contributed by atoms with Crippen molar-refractivity contribution in [3.63, 3.8) is 0 Å². The van der Waals surface area contributed by atoms with Crippen molar-refractivity contribution in [1.82, 2.24) is 0 Å². The number of carbonyl (C=O) groups is 1. The molecule has 1 saturated carbocycles. The highest BCUT2D eigenvalue weighted by Gasteiger charge is 2.58. The summed E-state index contributed by atoms with van der Waals surface area (Å²) in [5.74, 6) is -0.819. The summed E-state index contributed by atoms with van der Waals surface area (Å²) in [5, 5.41) is 8.83. The second kappa shape index (κ2) is 2.46. The first-order valence-electron chi connectivity index (χ1n) is 4.58. The van der Waals surface area contributed by atoms with E-state index >= 15 is 0 Å². The highest BCUT2D eigenvalue weighted by atomic mass is 16.6. The predicted molar refractivity (Wildman–Crippen MR) is 42.9 cm³/mol. The highest BCUT2D eigenvalue weighted by molar-refractivity contribution is 5.70. The molecule has 1 N–H and O–H groups in total. The molecule has 0 radical (unpaired) electrons. The number of aliphatic carboxylic acids is 1. The van der Waals surface area contributed by atoms with Gasteiger partial charge in [0.15, 0.2) is 0 Å². The van der Waals surface area contributed by atoms with Gasteiger partial charge in [0, 0.05) is 0 Å². The van der Waals surface area contributed by atoms with E-state index in [1.165, 1.54) is 0 Å². The number of rotatable bonds is 2. The molecule has 3 heteroatoms. The van der Waals surface area contributed by atoms with Crippen molar-refractivity contribution in [3.8, 4) is 0 Å². The van der Waals surface area contributed by atoms with Gasteiger partial charge < -0.3 is 9.84 Å². The van der Waals surface area contributed by atoms with Gasteiger partial charge in [-0.3, -0.25) is 4.79 Å². The fraction of sp³-hybridized carbons (Fsp3) is 0.889. The Balaban J connectivity index is 2.02. The number of carboxylic acids is 1. The van der Waals surface area contributed by atoms with Crippen LogP contribution < -0.4 is 0 Å². The van der Waals surface area contributed by atoms with Crippen LogP contribution in [0, 0.1) is 5.92 Å². The molecule has 2 rings (SSSR count). The third-order valence-corrected chi connectivity index (χ3v) is 3.22. The van der Waals surface area contributed by atoms with Crippen LogP contribution in [0.5, 0.6) is 0 Å². The van der Waals surface area contributed by atoms with E-state index in [2.05, 4.69) is 6.92 Å². The fourth-order valence-electron chi connectivity index (χ4n) is 2.29. The van der Waals surface area contributed by atoms with Crippen molar-refractivity contribution in [1.29, 1.82) is 0 Å². The van der Waals surface area contributed by atoms with Gasteiger partial charge in [-0.25, -0.2) is 0 Å². The van der Waals surface area contributed by atoms with Crippen LogP contribution in [0.2, 0.25) is 0 Å². The summed E-state index contributed by atoms with van der Waals surface area (Å²) < 4.78 is 5.53. The molecule has 3 nitrogen and oxygen atoms in total. The van der Waals surface area contributed by atoms with Crippen LogP contribution in [0.3, 0.4) is 0 Å². The molecular formula is C9H14O3. The Kier molecular flexibility index (Phi) is 1.65. The van der Waals surface area contributed by atoms with E-state index in [0.29, 0.717) is 6.10 Å². The Morgan fingerprint density at radius 3 is 3.00 bits per heavy atom. The number of ether oxygens (including phenoxy) is 1. The molecule has 2 unspecified atom stereocenters. The molecular weight excluding hydrogens is 156 g/mol. The van der Waals surface area contributed by atoms with E-state index in [-0.39, 0.29) is 11.5 Å². The van der Waals surface area contributed by atoms with Gasteiger partial charge in [-0.05, 0) is 25.7 Å². The van der Waals surface area contributed by atoms with E-state index in [0.717, 1.165) is 25.7 Å².